The molecule has 14 heavy (non-hydrogen) atoms. The van der Waals surface area contributed by atoms with Crippen LogP contribution in [0.1, 0.15) is 6.42 Å². The molecule has 0 saturated carbocycles. The van der Waals surface area contributed by atoms with Crippen LogP contribution in [0.2, 0.25) is 0 Å². The molecule has 0 spiro atoms. The standard InChI is InChI=1S/C8H13N5O/c9-12-7-3-8(11-5-10-7)13-2-1-6(14)4-13/h3,5-6,14H,1-2,4,9H2,(H,10,11,12). The van der Waals surface area contributed by atoms with E-state index in [9.17, 15) is 5.11 Å². The van der Waals surface area contributed by atoms with E-state index in [-0.39, 0.29) is 6.10 Å². The molecule has 1 aromatic heterocycles. The highest BCUT2D eigenvalue weighted by atomic mass is 16.3. The van der Waals surface area contributed by atoms with Gasteiger partial charge in [-0.25, -0.2) is 15.8 Å². The van der Waals surface area contributed by atoms with Crippen molar-refractivity contribution >= 4 is 11.6 Å². The zero-order valence-electron chi connectivity index (χ0n) is 7.72. The van der Waals surface area contributed by atoms with Gasteiger partial charge in [-0.1, -0.05) is 0 Å². The van der Waals surface area contributed by atoms with Crippen LogP contribution in [0.4, 0.5) is 11.6 Å². The molecule has 1 aliphatic heterocycles. The lowest BCUT2D eigenvalue weighted by molar-refractivity contribution is 0.198. The van der Waals surface area contributed by atoms with Crippen LogP contribution in [0.15, 0.2) is 12.4 Å². The Morgan fingerprint density at radius 1 is 1.57 bits per heavy atom. The molecule has 1 atom stereocenters. The smallest absolute Gasteiger partial charge is 0.145 e. The Hall–Kier alpha value is -1.40. The van der Waals surface area contributed by atoms with E-state index in [4.69, 9.17) is 5.84 Å². The molecule has 1 aliphatic rings. The number of nitrogen functional groups attached to an aromatic ring is 1. The molecule has 0 aromatic carbocycles. The van der Waals surface area contributed by atoms with Crippen molar-refractivity contribution in [2.24, 2.45) is 5.84 Å². The average molecular weight is 195 g/mol. The second-order valence-corrected chi connectivity index (χ2v) is 3.29. The van der Waals surface area contributed by atoms with Crippen LogP contribution in [0, 0.1) is 0 Å². The van der Waals surface area contributed by atoms with Gasteiger partial charge in [0.15, 0.2) is 0 Å². The van der Waals surface area contributed by atoms with Crippen molar-refractivity contribution in [3.05, 3.63) is 12.4 Å². The largest absolute Gasteiger partial charge is 0.391 e. The minimum atomic E-state index is -0.251. The number of hydrazine groups is 1. The summed E-state index contributed by atoms with van der Waals surface area (Å²) in [5.41, 5.74) is 2.46. The number of nitrogens with one attached hydrogen (secondary N) is 1. The highest BCUT2D eigenvalue weighted by Crippen LogP contribution is 2.18. The number of aromatic nitrogens is 2. The highest BCUT2D eigenvalue weighted by molar-refractivity contribution is 5.48. The van der Waals surface area contributed by atoms with E-state index in [1.807, 2.05) is 4.90 Å². The summed E-state index contributed by atoms with van der Waals surface area (Å²) in [5, 5.41) is 9.36. The Balaban J connectivity index is 2.15. The number of hydrogen-bond donors (Lipinski definition) is 3. The predicted octanol–water partition coefficient (Wildman–Crippen LogP) is -0.667. The topological polar surface area (TPSA) is 87.3 Å². The normalized spacial score (nSPS) is 21.3. The minimum Gasteiger partial charge on any atom is -0.391 e. The van der Waals surface area contributed by atoms with Crippen molar-refractivity contribution in [2.45, 2.75) is 12.5 Å². The Bertz CT molecular complexity index is 318. The van der Waals surface area contributed by atoms with E-state index in [1.165, 1.54) is 6.33 Å². The van der Waals surface area contributed by atoms with Gasteiger partial charge in [-0.15, -0.1) is 0 Å². The van der Waals surface area contributed by atoms with Gasteiger partial charge >= 0.3 is 0 Å². The fraction of sp³-hybridized carbons (Fsp3) is 0.500. The highest BCUT2D eigenvalue weighted by Gasteiger charge is 2.21. The number of nitrogens with zero attached hydrogens (tertiary/aromatic N) is 3. The molecule has 1 fully saturated rings. The molecular weight excluding hydrogens is 182 g/mol. The van der Waals surface area contributed by atoms with Gasteiger partial charge in [0.1, 0.15) is 18.0 Å². The minimum absolute atomic E-state index is 0.251. The van der Waals surface area contributed by atoms with Gasteiger partial charge < -0.3 is 15.4 Å². The van der Waals surface area contributed by atoms with Crippen molar-refractivity contribution in [1.29, 1.82) is 0 Å². The van der Waals surface area contributed by atoms with E-state index >= 15 is 0 Å². The third-order valence-corrected chi connectivity index (χ3v) is 2.29. The third kappa shape index (κ3) is 1.75. The lowest BCUT2D eigenvalue weighted by Crippen LogP contribution is -2.22. The number of nitrogens with two attached hydrogens (primary N) is 1. The molecule has 6 heteroatoms. The average Bonchev–Trinajstić information content (AvgIpc) is 2.65. The van der Waals surface area contributed by atoms with Gasteiger partial charge in [0, 0.05) is 19.2 Å². The summed E-state index contributed by atoms with van der Waals surface area (Å²) in [5.74, 6) is 6.61. The quantitative estimate of drug-likeness (QED) is 0.428. The first-order valence-corrected chi connectivity index (χ1v) is 4.51. The fourth-order valence-corrected chi connectivity index (χ4v) is 1.55. The van der Waals surface area contributed by atoms with Crippen molar-refractivity contribution in [2.75, 3.05) is 23.4 Å². The summed E-state index contributed by atoms with van der Waals surface area (Å²) in [6.45, 7) is 1.45. The molecule has 76 valence electrons. The van der Waals surface area contributed by atoms with Crippen LogP contribution in [-0.2, 0) is 0 Å². The molecule has 1 aromatic rings. The van der Waals surface area contributed by atoms with Crippen LogP contribution in [0.5, 0.6) is 0 Å². The number of aliphatic hydroxyl groups is 1. The fourth-order valence-electron chi connectivity index (χ4n) is 1.55. The molecule has 0 amide bonds. The Morgan fingerprint density at radius 2 is 2.43 bits per heavy atom. The van der Waals surface area contributed by atoms with E-state index in [0.29, 0.717) is 12.4 Å². The predicted molar refractivity (Wildman–Crippen MR) is 52.7 cm³/mol. The van der Waals surface area contributed by atoms with Crippen LogP contribution in [0.25, 0.3) is 0 Å². The summed E-state index contributed by atoms with van der Waals surface area (Å²) in [4.78, 5) is 10.0. The third-order valence-electron chi connectivity index (χ3n) is 2.29. The molecule has 2 rings (SSSR count). The first-order chi connectivity index (χ1) is 6.79. The van der Waals surface area contributed by atoms with E-state index in [2.05, 4.69) is 15.4 Å². The summed E-state index contributed by atoms with van der Waals surface area (Å²) < 4.78 is 0. The summed E-state index contributed by atoms with van der Waals surface area (Å²) in [6.07, 6.45) is 1.99. The maximum Gasteiger partial charge on any atom is 0.145 e. The van der Waals surface area contributed by atoms with Gasteiger partial charge in [-0.05, 0) is 6.42 Å². The second-order valence-electron chi connectivity index (χ2n) is 3.29. The van der Waals surface area contributed by atoms with Crippen LogP contribution in [0.3, 0.4) is 0 Å². The van der Waals surface area contributed by atoms with E-state index < -0.39 is 0 Å². The Morgan fingerprint density at radius 3 is 3.07 bits per heavy atom. The summed E-state index contributed by atoms with van der Waals surface area (Å²) in [6, 6.07) is 1.76. The van der Waals surface area contributed by atoms with Crippen molar-refractivity contribution < 1.29 is 5.11 Å². The zero-order chi connectivity index (χ0) is 9.97. The molecule has 6 nitrogen and oxygen atoms in total. The zero-order valence-corrected chi connectivity index (χ0v) is 7.72. The molecule has 0 radical (unpaired) electrons. The number of β-amino-alcohol motifs (C(OH)–C–C–N with tert-alkyl or cyclic N) is 1. The summed E-state index contributed by atoms with van der Waals surface area (Å²) in [7, 11) is 0. The van der Waals surface area contributed by atoms with Gasteiger partial charge in [-0.2, -0.15) is 0 Å². The first-order valence-electron chi connectivity index (χ1n) is 4.51. The lowest BCUT2D eigenvalue weighted by Gasteiger charge is -2.16. The van der Waals surface area contributed by atoms with Crippen LogP contribution in [-0.4, -0.2) is 34.3 Å². The molecule has 1 unspecified atom stereocenters. The molecule has 0 bridgehead atoms. The maximum absolute atomic E-state index is 9.36. The van der Waals surface area contributed by atoms with E-state index in [0.717, 1.165) is 18.8 Å². The molecular formula is C8H13N5O. The lowest BCUT2D eigenvalue weighted by atomic mass is 10.3. The second kappa shape index (κ2) is 3.77. The molecule has 0 aliphatic carbocycles. The molecule has 1 saturated heterocycles. The van der Waals surface area contributed by atoms with Crippen molar-refractivity contribution in [3.8, 4) is 0 Å². The van der Waals surface area contributed by atoms with Crippen LogP contribution >= 0.6 is 0 Å². The van der Waals surface area contributed by atoms with Gasteiger partial charge in [-0.3, -0.25) is 0 Å². The SMILES string of the molecule is NNc1cc(N2CCC(O)C2)ncn1. The van der Waals surface area contributed by atoms with Gasteiger partial charge in [0.05, 0.1) is 6.10 Å². The number of hydrogen-bond acceptors (Lipinski definition) is 6. The van der Waals surface area contributed by atoms with Crippen LogP contribution < -0.4 is 16.2 Å². The number of rotatable bonds is 2. The van der Waals surface area contributed by atoms with Gasteiger partial charge in [0.2, 0.25) is 0 Å². The first kappa shape index (κ1) is 9.17. The van der Waals surface area contributed by atoms with Gasteiger partial charge in [0.25, 0.3) is 0 Å². The maximum atomic E-state index is 9.36. The molecule has 2 heterocycles. The van der Waals surface area contributed by atoms with Crippen molar-refractivity contribution in [1.82, 2.24) is 9.97 Å². The Labute approximate surface area is 81.7 Å². The van der Waals surface area contributed by atoms with E-state index in [1.54, 1.807) is 6.07 Å². The molecule has 4 N–H and O–H groups in total. The number of aliphatic hydroxyl groups excluding tert-OH is 1. The summed E-state index contributed by atoms with van der Waals surface area (Å²) >= 11 is 0. The monoisotopic (exact) mass is 195 g/mol. The van der Waals surface area contributed by atoms with Crippen molar-refractivity contribution in [3.63, 3.8) is 0 Å². The Kier molecular flexibility index (Phi) is 2.47. The number of anilines is 2.